The molecule has 0 radical (unpaired) electrons. The van der Waals surface area contributed by atoms with Gasteiger partial charge in [0.05, 0.1) is 18.6 Å². The second-order valence-corrected chi connectivity index (χ2v) is 8.98. The minimum Gasteiger partial charge on any atom is -0.466 e. The summed E-state index contributed by atoms with van der Waals surface area (Å²) < 4.78 is 37.7. The molecule has 39 heavy (non-hydrogen) atoms. The molecule has 0 aliphatic rings. The molecule has 6 nitrogen and oxygen atoms in total. The lowest BCUT2D eigenvalue weighted by Crippen LogP contribution is -2.36. The van der Waals surface area contributed by atoms with Gasteiger partial charge in [-0.25, -0.2) is 8.78 Å². The van der Waals surface area contributed by atoms with Crippen LogP contribution >= 0.6 is 0 Å². The van der Waals surface area contributed by atoms with Crippen molar-refractivity contribution in [1.82, 2.24) is 0 Å². The third kappa shape index (κ3) is 8.07. The molecule has 2 unspecified atom stereocenters. The van der Waals surface area contributed by atoms with Crippen LogP contribution in [0.15, 0.2) is 85.5 Å². The molecular weight excluding hydrogens is 504 g/mol. The van der Waals surface area contributed by atoms with E-state index in [0.717, 1.165) is 17.7 Å². The van der Waals surface area contributed by atoms with Gasteiger partial charge >= 0.3 is 11.9 Å². The van der Waals surface area contributed by atoms with Crippen LogP contribution in [0.3, 0.4) is 0 Å². The number of carbonyl (C=O) groups is 3. The second kappa shape index (κ2) is 14.0. The standard InChI is InChI=1S/C31H31F2NO5/c1-4-18-39-31(37)27(29(35)22-10-12-23(32)13-11-22)19-26(30(36)38-5-2)28(21-8-6-20(3)7-9-21)34-25-16-14-24(33)15-17-25/h4,6-17,26-28,34H,1,5,18-19H2,2-3H3/t26?,27?,28-/m1/s1. The Hall–Kier alpha value is -4.33. The lowest BCUT2D eigenvalue weighted by atomic mass is 9.82. The van der Waals surface area contributed by atoms with Crippen LogP contribution in [-0.4, -0.2) is 30.9 Å². The molecule has 0 spiro atoms. The van der Waals surface area contributed by atoms with Crippen LogP contribution in [0.5, 0.6) is 0 Å². The molecule has 0 heterocycles. The van der Waals surface area contributed by atoms with E-state index in [4.69, 9.17) is 9.47 Å². The summed E-state index contributed by atoms with van der Waals surface area (Å²) in [4.78, 5) is 40.0. The molecule has 0 aliphatic carbocycles. The van der Waals surface area contributed by atoms with Crippen molar-refractivity contribution < 1.29 is 32.6 Å². The lowest BCUT2D eigenvalue weighted by molar-refractivity contribution is -0.151. The number of rotatable bonds is 13. The van der Waals surface area contributed by atoms with E-state index in [9.17, 15) is 23.2 Å². The van der Waals surface area contributed by atoms with Crippen molar-refractivity contribution in [2.45, 2.75) is 26.3 Å². The van der Waals surface area contributed by atoms with Gasteiger partial charge in [0.15, 0.2) is 5.78 Å². The number of ketones is 1. The number of esters is 2. The summed E-state index contributed by atoms with van der Waals surface area (Å²) >= 11 is 0. The fourth-order valence-corrected chi connectivity index (χ4v) is 4.15. The average Bonchev–Trinajstić information content (AvgIpc) is 2.93. The van der Waals surface area contributed by atoms with Gasteiger partial charge in [-0.15, -0.1) is 0 Å². The number of Topliss-reactive ketones (excluding diaryl/α,β-unsaturated/α-hetero) is 1. The van der Waals surface area contributed by atoms with Crippen molar-refractivity contribution in [3.63, 3.8) is 0 Å². The third-order valence-electron chi connectivity index (χ3n) is 6.16. The number of ether oxygens (including phenoxy) is 2. The quantitative estimate of drug-likeness (QED) is 0.121. The van der Waals surface area contributed by atoms with Crippen LogP contribution in [0.2, 0.25) is 0 Å². The maximum Gasteiger partial charge on any atom is 0.317 e. The normalized spacial score (nSPS) is 13.0. The molecule has 0 saturated carbocycles. The van der Waals surface area contributed by atoms with Gasteiger partial charge in [0.25, 0.3) is 0 Å². The lowest BCUT2D eigenvalue weighted by Gasteiger charge is -2.30. The van der Waals surface area contributed by atoms with E-state index in [0.29, 0.717) is 11.3 Å². The van der Waals surface area contributed by atoms with Gasteiger partial charge in [-0.1, -0.05) is 42.5 Å². The number of benzene rings is 3. The molecule has 3 rings (SSSR count). The molecule has 0 amide bonds. The number of anilines is 1. The van der Waals surface area contributed by atoms with Crippen LogP contribution < -0.4 is 5.32 Å². The molecule has 3 aromatic rings. The molecule has 0 aliphatic heterocycles. The molecule has 3 atom stereocenters. The first-order valence-electron chi connectivity index (χ1n) is 12.6. The van der Waals surface area contributed by atoms with Gasteiger partial charge in [-0.05, 0) is 74.4 Å². The largest absolute Gasteiger partial charge is 0.466 e. The van der Waals surface area contributed by atoms with Crippen molar-refractivity contribution in [3.8, 4) is 0 Å². The summed E-state index contributed by atoms with van der Waals surface area (Å²) in [5, 5.41) is 3.26. The zero-order chi connectivity index (χ0) is 28.4. The molecule has 0 bridgehead atoms. The molecule has 1 N–H and O–H groups in total. The second-order valence-electron chi connectivity index (χ2n) is 8.98. The van der Waals surface area contributed by atoms with E-state index in [2.05, 4.69) is 11.9 Å². The van der Waals surface area contributed by atoms with Crippen molar-refractivity contribution in [1.29, 1.82) is 0 Å². The van der Waals surface area contributed by atoms with Gasteiger partial charge < -0.3 is 14.8 Å². The minimum absolute atomic E-state index is 0.0734. The summed E-state index contributed by atoms with van der Waals surface area (Å²) in [6.45, 7) is 7.05. The van der Waals surface area contributed by atoms with Crippen molar-refractivity contribution >= 4 is 23.4 Å². The molecular formula is C31H31F2NO5. The molecule has 8 heteroatoms. The first kappa shape index (κ1) is 29.2. The number of nitrogens with one attached hydrogen (secondary N) is 1. The molecule has 204 valence electrons. The highest BCUT2D eigenvalue weighted by Crippen LogP contribution is 2.34. The van der Waals surface area contributed by atoms with Gasteiger partial charge in [0.1, 0.15) is 24.2 Å². The smallest absolute Gasteiger partial charge is 0.317 e. The van der Waals surface area contributed by atoms with E-state index < -0.39 is 47.2 Å². The predicted octanol–water partition coefficient (Wildman–Crippen LogP) is 6.22. The van der Waals surface area contributed by atoms with Gasteiger partial charge in [-0.2, -0.15) is 0 Å². The highest BCUT2D eigenvalue weighted by Gasteiger charge is 2.39. The molecule has 0 saturated heterocycles. The van der Waals surface area contributed by atoms with Gasteiger partial charge in [0, 0.05) is 11.3 Å². The van der Waals surface area contributed by atoms with Crippen molar-refractivity contribution in [3.05, 3.63) is 114 Å². The Morgan fingerprint density at radius 3 is 2.03 bits per heavy atom. The highest BCUT2D eigenvalue weighted by atomic mass is 19.1. The van der Waals surface area contributed by atoms with Crippen LogP contribution in [0.4, 0.5) is 14.5 Å². The van der Waals surface area contributed by atoms with E-state index in [-0.39, 0.29) is 25.2 Å². The summed E-state index contributed by atoms with van der Waals surface area (Å²) in [6, 6.07) is 17.0. The number of aryl methyl sites for hydroxylation is 1. The number of hydrogen-bond donors (Lipinski definition) is 1. The SMILES string of the molecule is C=CCOC(=O)C(CC(C(=O)OCC)[C@H](Nc1ccc(F)cc1)c1ccc(C)cc1)C(=O)c1ccc(F)cc1. The number of carbonyl (C=O) groups excluding carboxylic acids is 3. The Kier molecular flexibility index (Phi) is 10.5. The van der Waals surface area contributed by atoms with Crippen LogP contribution in [0.1, 0.15) is 40.9 Å². The summed E-state index contributed by atoms with van der Waals surface area (Å²) in [5.74, 6) is -5.50. The summed E-state index contributed by atoms with van der Waals surface area (Å²) in [6.07, 6.45) is 1.10. The van der Waals surface area contributed by atoms with E-state index in [1.807, 2.05) is 31.2 Å². The average molecular weight is 536 g/mol. The van der Waals surface area contributed by atoms with Gasteiger partial charge in [-0.3, -0.25) is 14.4 Å². The van der Waals surface area contributed by atoms with Crippen LogP contribution in [-0.2, 0) is 19.1 Å². The highest BCUT2D eigenvalue weighted by molar-refractivity contribution is 6.08. The van der Waals surface area contributed by atoms with E-state index >= 15 is 0 Å². The van der Waals surface area contributed by atoms with E-state index in [1.54, 1.807) is 6.92 Å². The molecule has 0 aromatic heterocycles. The number of hydrogen-bond acceptors (Lipinski definition) is 6. The first-order chi connectivity index (χ1) is 18.7. The topological polar surface area (TPSA) is 81.7 Å². The minimum atomic E-state index is -1.40. The molecule has 3 aromatic carbocycles. The zero-order valence-electron chi connectivity index (χ0n) is 21.9. The monoisotopic (exact) mass is 535 g/mol. The number of halogens is 2. The Balaban J connectivity index is 2.07. The molecule has 0 fully saturated rings. The van der Waals surface area contributed by atoms with Crippen LogP contribution in [0, 0.1) is 30.4 Å². The Morgan fingerprint density at radius 2 is 1.46 bits per heavy atom. The fraction of sp³-hybridized carbons (Fsp3) is 0.258. The summed E-state index contributed by atoms with van der Waals surface area (Å²) in [7, 11) is 0. The van der Waals surface area contributed by atoms with Crippen molar-refractivity contribution in [2.75, 3.05) is 18.5 Å². The summed E-state index contributed by atoms with van der Waals surface area (Å²) in [5.41, 5.74) is 2.30. The van der Waals surface area contributed by atoms with E-state index in [1.165, 1.54) is 42.5 Å². The first-order valence-corrected chi connectivity index (χ1v) is 12.6. The van der Waals surface area contributed by atoms with Crippen LogP contribution in [0.25, 0.3) is 0 Å². The maximum absolute atomic E-state index is 13.6. The fourth-order valence-electron chi connectivity index (χ4n) is 4.15. The van der Waals surface area contributed by atoms with Crippen molar-refractivity contribution in [2.24, 2.45) is 11.8 Å². The zero-order valence-corrected chi connectivity index (χ0v) is 21.9. The van der Waals surface area contributed by atoms with Gasteiger partial charge in [0.2, 0.25) is 0 Å². The predicted molar refractivity (Wildman–Crippen MR) is 144 cm³/mol. The third-order valence-corrected chi connectivity index (χ3v) is 6.16. The Morgan fingerprint density at radius 1 is 0.872 bits per heavy atom. The maximum atomic E-state index is 13.6. The Bertz CT molecular complexity index is 1270. The Labute approximate surface area is 226 Å².